The first-order chi connectivity index (χ1) is 6.45. The van der Waals surface area contributed by atoms with Crippen LogP contribution in [-0.4, -0.2) is 28.8 Å². The first-order valence-electron chi connectivity index (χ1n) is 4.28. The summed E-state index contributed by atoms with van der Waals surface area (Å²) in [5, 5.41) is 0. The fourth-order valence-corrected chi connectivity index (χ4v) is 3.32. The van der Waals surface area contributed by atoms with Crippen LogP contribution in [0.3, 0.4) is 0 Å². The van der Waals surface area contributed by atoms with Gasteiger partial charge in [-0.15, -0.1) is 0 Å². The molecule has 0 bridgehead atoms. The van der Waals surface area contributed by atoms with Crippen molar-refractivity contribution in [3.8, 4) is 0 Å². The summed E-state index contributed by atoms with van der Waals surface area (Å²) in [6.45, 7) is 2.35. The molecular weight excluding hydrogens is 229 g/mol. The number of benzene rings is 1. The predicted octanol–water partition coefficient (Wildman–Crippen LogP) is 0.808. The standard InChI is InChI=1S/C9H12AsNO2/c1-2-4-9(5-3-1)8-11-10-12-6-7-13-10/h1-5,11H,6-8H2. The van der Waals surface area contributed by atoms with E-state index in [1.165, 1.54) is 5.56 Å². The molecule has 0 amide bonds. The molecule has 2 rings (SSSR count). The molecule has 0 radical (unpaired) electrons. The van der Waals surface area contributed by atoms with Crippen molar-refractivity contribution in [2.45, 2.75) is 6.54 Å². The second kappa shape index (κ2) is 4.77. The van der Waals surface area contributed by atoms with E-state index in [9.17, 15) is 0 Å². The fraction of sp³-hybridized carbons (Fsp3) is 0.333. The minimum absolute atomic E-state index is 0.752. The van der Waals surface area contributed by atoms with E-state index in [0.29, 0.717) is 0 Å². The second-order valence-corrected chi connectivity index (χ2v) is 5.57. The molecule has 0 spiro atoms. The third kappa shape index (κ3) is 2.81. The van der Waals surface area contributed by atoms with Crippen LogP contribution in [0.5, 0.6) is 0 Å². The van der Waals surface area contributed by atoms with Gasteiger partial charge in [0, 0.05) is 0 Å². The molecule has 1 aliphatic rings. The molecule has 1 N–H and O–H groups in total. The van der Waals surface area contributed by atoms with Crippen LogP contribution in [0.4, 0.5) is 0 Å². The molecule has 1 fully saturated rings. The van der Waals surface area contributed by atoms with Gasteiger partial charge in [0.25, 0.3) is 0 Å². The molecule has 1 aliphatic heterocycles. The van der Waals surface area contributed by atoms with E-state index >= 15 is 0 Å². The van der Waals surface area contributed by atoms with Crippen molar-refractivity contribution in [1.82, 2.24) is 4.23 Å². The summed E-state index contributed by atoms with van der Waals surface area (Å²) in [4.78, 5) is 0. The van der Waals surface area contributed by atoms with Gasteiger partial charge in [0.15, 0.2) is 0 Å². The minimum atomic E-state index is -1.56. The quantitative estimate of drug-likeness (QED) is 0.794. The summed E-state index contributed by atoms with van der Waals surface area (Å²) < 4.78 is 14.1. The number of rotatable bonds is 3. The van der Waals surface area contributed by atoms with Gasteiger partial charge in [-0.05, 0) is 0 Å². The van der Waals surface area contributed by atoms with Gasteiger partial charge in [0.05, 0.1) is 0 Å². The van der Waals surface area contributed by atoms with E-state index < -0.39 is 15.6 Å². The van der Waals surface area contributed by atoms with Crippen molar-refractivity contribution in [1.29, 1.82) is 0 Å². The van der Waals surface area contributed by atoms with Crippen LogP contribution in [0.2, 0.25) is 0 Å². The Labute approximate surface area is 83.2 Å². The molecule has 0 aliphatic carbocycles. The maximum absolute atomic E-state index is 5.39. The number of hydrogen-bond acceptors (Lipinski definition) is 3. The number of hydrogen-bond donors (Lipinski definition) is 1. The van der Waals surface area contributed by atoms with E-state index in [1.54, 1.807) is 0 Å². The Hall–Kier alpha value is -0.342. The molecule has 13 heavy (non-hydrogen) atoms. The molecular formula is C9H12AsNO2. The molecule has 0 unspecified atom stereocenters. The fourth-order valence-electron chi connectivity index (χ4n) is 1.12. The Morgan fingerprint density at radius 1 is 1.15 bits per heavy atom. The van der Waals surface area contributed by atoms with Crippen LogP contribution in [0.15, 0.2) is 30.3 Å². The molecule has 1 saturated heterocycles. The molecule has 1 aromatic carbocycles. The topological polar surface area (TPSA) is 30.5 Å². The summed E-state index contributed by atoms with van der Waals surface area (Å²) in [5.74, 6) is 0. The van der Waals surface area contributed by atoms with Gasteiger partial charge in [0.1, 0.15) is 0 Å². The van der Waals surface area contributed by atoms with E-state index in [2.05, 4.69) is 16.4 Å². The molecule has 1 aromatic rings. The molecule has 3 nitrogen and oxygen atoms in total. The summed E-state index contributed by atoms with van der Waals surface area (Å²) in [7, 11) is 0. The van der Waals surface area contributed by atoms with E-state index in [4.69, 9.17) is 7.45 Å². The zero-order valence-corrected chi connectivity index (χ0v) is 9.15. The van der Waals surface area contributed by atoms with Crippen molar-refractivity contribution in [3.63, 3.8) is 0 Å². The third-order valence-electron chi connectivity index (χ3n) is 1.76. The van der Waals surface area contributed by atoms with Crippen LogP contribution in [0.1, 0.15) is 5.56 Å². The van der Waals surface area contributed by atoms with Gasteiger partial charge in [-0.3, -0.25) is 0 Å². The van der Waals surface area contributed by atoms with Gasteiger partial charge in [-0.2, -0.15) is 0 Å². The third-order valence-corrected chi connectivity index (χ3v) is 4.38. The van der Waals surface area contributed by atoms with Crippen LogP contribution in [-0.2, 0) is 14.0 Å². The summed E-state index contributed by atoms with van der Waals surface area (Å²) in [6.07, 6.45) is 0. The van der Waals surface area contributed by atoms with Gasteiger partial charge in [0.2, 0.25) is 0 Å². The van der Waals surface area contributed by atoms with Crippen LogP contribution in [0, 0.1) is 0 Å². The van der Waals surface area contributed by atoms with Gasteiger partial charge < -0.3 is 0 Å². The van der Waals surface area contributed by atoms with Crippen LogP contribution < -0.4 is 4.23 Å². The van der Waals surface area contributed by atoms with E-state index in [0.717, 1.165) is 19.8 Å². The Balaban J connectivity index is 1.79. The number of nitrogens with one attached hydrogen (secondary N) is 1. The Kier molecular flexibility index (Phi) is 3.39. The first kappa shape index (κ1) is 9.22. The molecule has 70 valence electrons. The van der Waals surface area contributed by atoms with Crippen LogP contribution >= 0.6 is 0 Å². The first-order valence-corrected chi connectivity index (χ1v) is 6.75. The second-order valence-electron chi connectivity index (χ2n) is 2.74. The van der Waals surface area contributed by atoms with Crippen molar-refractivity contribution < 1.29 is 7.45 Å². The molecule has 0 saturated carbocycles. The molecule has 0 atom stereocenters. The van der Waals surface area contributed by atoms with Crippen molar-refractivity contribution >= 4 is 15.6 Å². The van der Waals surface area contributed by atoms with Crippen LogP contribution in [0.25, 0.3) is 0 Å². The monoisotopic (exact) mass is 241 g/mol. The Morgan fingerprint density at radius 2 is 1.85 bits per heavy atom. The van der Waals surface area contributed by atoms with Gasteiger partial charge >= 0.3 is 82.9 Å². The molecule has 4 heteroatoms. The molecule has 0 aromatic heterocycles. The van der Waals surface area contributed by atoms with Crippen molar-refractivity contribution in [2.24, 2.45) is 0 Å². The van der Waals surface area contributed by atoms with Gasteiger partial charge in [-0.1, -0.05) is 0 Å². The normalized spacial score (nSPS) is 17.8. The Bertz CT molecular complexity index is 249. The molecule has 1 heterocycles. The summed E-state index contributed by atoms with van der Waals surface area (Å²) in [5.41, 5.74) is 1.27. The zero-order valence-electron chi connectivity index (χ0n) is 7.27. The summed E-state index contributed by atoms with van der Waals surface area (Å²) >= 11 is -1.56. The summed E-state index contributed by atoms with van der Waals surface area (Å²) in [6, 6.07) is 10.3. The van der Waals surface area contributed by atoms with Crippen molar-refractivity contribution in [2.75, 3.05) is 13.2 Å². The van der Waals surface area contributed by atoms with E-state index in [-0.39, 0.29) is 0 Å². The average Bonchev–Trinajstić information content (AvgIpc) is 2.69. The maximum atomic E-state index is 5.39. The SMILES string of the molecule is c1ccc(CN[As]2OCCO2)cc1. The van der Waals surface area contributed by atoms with Crippen molar-refractivity contribution in [3.05, 3.63) is 35.9 Å². The Morgan fingerprint density at radius 3 is 2.54 bits per heavy atom. The zero-order chi connectivity index (χ0) is 8.93. The predicted molar refractivity (Wildman–Crippen MR) is 50.9 cm³/mol. The van der Waals surface area contributed by atoms with Gasteiger partial charge in [-0.25, -0.2) is 0 Å². The van der Waals surface area contributed by atoms with E-state index in [1.807, 2.05) is 18.2 Å². The average molecular weight is 241 g/mol.